The first-order valence-corrected chi connectivity index (χ1v) is 13.0. The lowest BCUT2D eigenvalue weighted by atomic mass is 9.95. The second-order valence-electron chi connectivity index (χ2n) is 8.82. The Hall–Kier alpha value is -3.23. The van der Waals surface area contributed by atoms with Crippen molar-refractivity contribution < 1.29 is 14.7 Å². The lowest BCUT2D eigenvalue weighted by Crippen LogP contribution is -2.33. The van der Waals surface area contributed by atoms with Gasteiger partial charge in [0.15, 0.2) is 0 Å². The molecule has 0 aliphatic carbocycles. The Bertz CT molecular complexity index is 1260. The fourth-order valence-electron chi connectivity index (χ4n) is 4.72. The summed E-state index contributed by atoms with van der Waals surface area (Å²) in [5.74, 6) is -1.46. The summed E-state index contributed by atoms with van der Waals surface area (Å²) < 4.78 is 2.61. The molecule has 2 heterocycles. The van der Waals surface area contributed by atoms with Gasteiger partial charge in [-0.3, -0.25) is 9.59 Å². The van der Waals surface area contributed by atoms with Crippen LogP contribution in [0.5, 0.6) is 0 Å². The van der Waals surface area contributed by atoms with Crippen molar-refractivity contribution in [3.63, 3.8) is 0 Å². The molecule has 36 heavy (non-hydrogen) atoms. The summed E-state index contributed by atoms with van der Waals surface area (Å²) in [7, 11) is 0. The van der Waals surface area contributed by atoms with Crippen LogP contribution in [-0.2, 0) is 9.59 Å². The number of para-hydroxylation sites is 1. The van der Waals surface area contributed by atoms with E-state index in [-0.39, 0.29) is 11.3 Å². The molecular formula is C28H31BrN4O3. The SMILES string of the molecule is CCN(CC)CCCN1C(=O)C(=O)/C(=C(/O)c2cnn(-c3ccccc3)c2C)C1c1ccc(Br)cc1. The molecule has 1 atom stereocenters. The van der Waals surface area contributed by atoms with Crippen molar-refractivity contribution in [2.45, 2.75) is 33.2 Å². The highest BCUT2D eigenvalue weighted by Crippen LogP contribution is 2.40. The van der Waals surface area contributed by atoms with Gasteiger partial charge < -0.3 is 14.9 Å². The molecule has 188 valence electrons. The summed E-state index contributed by atoms with van der Waals surface area (Å²) in [5, 5.41) is 15.9. The molecule has 1 aromatic heterocycles. The lowest BCUT2D eigenvalue weighted by molar-refractivity contribution is -0.140. The van der Waals surface area contributed by atoms with Crippen molar-refractivity contribution >= 4 is 33.4 Å². The number of nitrogens with zero attached hydrogens (tertiary/aromatic N) is 4. The first-order chi connectivity index (χ1) is 17.4. The molecule has 1 saturated heterocycles. The summed E-state index contributed by atoms with van der Waals surface area (Å²) in [6.45, 7) is 9.15. The Morgan fingerprint density at radius 3 is 2.36 bits per heavy atom. The van der Waals surface area contributed by atoms with E-state index in [4.69, 9.17) is 0 Å². The average molecular weight is 551 g/mol. The normalized spacial score (nSPS) is 17.4. The number of Topliss-reactive ketones (excluding diaryl/α,β-unsaturated/α-hetero) is 1. The summed E-state index contributed by atoms with van der Waals surface area (Å²) >= 11 is 3.46. The predicted molar refractivity (Wildman–Crippen MR) is 144 cm³/mol. The van der Waals surface area contributed by atoms with E-state index in [1.54, 1.807) is 15.8 Å². The van der Waals surface area contributed by atoms with Gasteiger partial charge in [-0.2, -0.15) is 5.10 Å². The number of amides is 1. The number of aliphatic hydroxyl groups is 1. The number of likely N-dealkylation sites (tertiary alicyclic amines) is 1. The topological polar surface area (TPSA) is 78.7 Å². The molecule has 0 saturated carbocycles. The van der Waals surface area contributed by atoms with E-state index < -0.39 is 17.7 Å². The standard InChI is InChI=1S/C28H31BrN4O3/c1-4-31(5-2)16-9-17-32-25(20-12-14-21(29)15-13-20)24(27(35)28(32)36)26(34)23-18-30-33(19(23)3)22-10-7-6-8-11-22/h6-8,10-15,18,25,34H,4-5,9,16-17H2,1-3H3/b26-24+. The van der Waals surface area contributed by atoms with Crippen LogP contribution in [0.1, 0.15) is 43.1 Å². The van der Waals surface area contributed by atoms with Crippen LogP contribution in [0.3, 0.4) is 0 Å². The van der Waals surface area contributed by atoms with E-state index >= 15 is 0 Å². The molecule has 8 heteroatoms. The van der Waals surface area contributed by atoms with Gasteiger partial charge in [0.25, 0.3) is 11.7 Å². The van der Waals surface area contributed by atoms with Crippen molar-refractivity contribution in [2.24, 2.45) is 0 Å². The van der Waals surface area contributed by atoms with Gasteiger partial charge in [-0.05, 0) is 62.8 Å². The quantitative estimate of drug-likeness (QED) is 0.228. The maximum absolute atomic E-state index is 13.3. The van der Waals surface area contributed by atoms with Gasteiger partial charge in [-0.25, -0.2) is 4.68 Å². The van der Waals surface area contributed by atoms with Crippen LogP contribution < -0.4 is 0 Å². The molecule has 7 nitrogen and oxygen atoms in total. The molecule has 4 rings (SSSR count). The second kappa shape index (κ2) is 11.2. The van der Waals surface area contributed by atoms with Crippen LogP contribution in [0.4, 0.5) is 0 Å². The largest absolute Gasteiger partial charge is 0.507 e. The van der Waals surface area contributed by atoms with E-state index in [1.807, 2.05) is 61.5 Å². The minimum atomic E-state index is -0.672. The zero-order chi connectivity index (χ0) is 25.8. The van der Waals surface area contributed by atoms with E-state index in [0.717, 1.165) is 41.8 Å². The van der Waals surface area contributed by atoms with Crippen molar-refractivity contribution in [3.8, 4) is 5.69 Å². The van der Waals surface area contributed by atoms with E-state index in [0.29, 0.717) is 17.8 Å². The maximum Gasteiger partial charge on any atom is 0.295 e. The number of ketones is 1. The Morgan fingerprint density at radius 1 is 1.06 bits per heavy atom. The van der Waals surface area contributed by atoms with Gasteiger partial charge >= 0.3 is 0 Å². The number of hydrogen-bond donors (Lipinski definition) is 1. The second-order valence-corrected chi connectivity index (χ2v) is 9.73. The zero-order valence-electron chi connectivity index (χ0n) is 20.8. The highest BCUT2D eigenvalue weighted by molar-refractivity contribution is 9.10. The van der Waals surface area contributed by atoms with E-state index in [2.05, 4.69) is 39.8 Å². The highest BCUT2D eigenvalue weighted by atomic mass is 79.9. The summed E-state index contributed by atoms with van der Waals surface area (Å²) in [5.41, 5.74) is 2.83. The third-order valence-electron chi connectivity index (χ3n) is 6.76. The van der Waals surface area contributed by atoms with Crippen LogP contribution in [0.2, 0.25) is 0 Å². The maximum atomic E-state index is 13.3. The third kappa shape index (κ3) is 5.01. The van der Waals surface area contributed by atoms with Crippen LogP contribution in [0.25, 0.3) is 11.4 Å². The first-order valence-electron chi connectivity index (χ1n) is 12.2. The van der Waals surface area contributed by atoms with Crippen molar-refractivity contribution in [3.05, 3.63) is 87.7 Å². The van der Waals surface area contributed by atoms with Crippen molar-refractivity contribution in [1.29, 1.82) is 0 Å². The molecule has 0 radical (unpaired) electrons. The fourth-order valence-corrected chi connectivity index (χ4v) is 4.99. The minimum absolute atomic E-state index is 0.0980. The van der Waals surface area contributed by atoms with Crippen molar-refractivity contribution in [1.82, 2.24) is 19.6 Å². The molecule has 3 aromatic rings. The van der Waals surface area contributed by atoms with Gasteiger partial charge in [-0.15, -0.1) is 0 Å². The molecule has 0 spiro atoms. The highest BCUT2D eigenvalue weighted by Gasteiger charge is 2.46. The van der Waals surface area contributed by atoms with Gasteiger partial charge in [-0.1, -0.05) is 60.1 Å². The van der Waals surface area contributed by atoms with Crippen LogP contribution in [-0.4, -0.2) is 62.6 Å². The summed E-state index contributed by atoms with van der Waals surface area (Å²) in [6, 6.07) is 16.4. The molecule has 1 fully saturated rings. The number of carbonyl (C=O) groups is 2. The molecule has 0 bridgehead atoms. The Balaban J connectivity index is 1.76. The van der Waals surface area contributed by atoms with Crippen molar-refractivity contribution in [2.75, 3.05) is 26.2 Å². The minimum Gasteiger partial charge on any atom is -0.507 e. The number of hydrogen-bond acceptors (Lipinski definition) is 5. The first kappa shape index (κ1) is 25.9. The number of benzene rings is 2. The molecule has 1 N–H and O–H groups in total. The molecule has 1 amide bonds. The van der Waals surface area contributed by atoms with E-state index in [9.17, 15) is 14.7 Å². The Labute approximate surface area is 220 Å². The number of halogens is 1. The third-order valence-corrected chi connectivity index (χ3v) is 7.29. The average Bonchev–Trinajstić information content (AvgIpc) is 3.40. The predicted octanol–water partition coefficient (Wildman–Crippen LogP) is 5.10. The smallest absolute Gasteiger partial charge is 0.295 e. The molecule has 1 aliphatic heterocycles. The number of rotatable bonds is 9. The Kier molecular flexibility index (Phi) is 8.06. The van der Waals surface area contributed by atoms with Gasteiger partial charge in [0.2, 0.25) is 0 Å². The van der Waals surface area contributed by atoms with E-state index in [1.165, 1.54) is 0 Å². The van der Waals surface area contributed by atoms with Crippen LogP contribution >= 0.6 is 15.9 Å². The zero-order valence-corrected chi connectivity index (χ0v) is 22.4. The van der Waals surface area contributed by atoms with Gasteiger partial charge in [0.05, 0.1) is 34.8 Å². The monoisotopic (exact) mass is 550 g/mol. The molecule has 2 aromatic carbocycles. The number of aliphatic hydroxyl groups excluding tert-OH is 1. The Morgan fingerprint density at radius 2 is 1.72 bits per heavy atom. The molecular weight excluding hydrogens is 520 g/mol. The summed E-state index contributed by atoms with van der Waals surface area (Å²) in [4.78, 5) is 30.4. The van der Waals surface area contributed by atoms with Gasteiger partial charge in [0, 0.05) is 11.0 Å². The lowest BCUT2D eigenvalue weighted by Gasteiger charge is -2.26. The van der Waals surface area contributed by atoms with Gasteiger partial charge in [0.1, 0.15) is 5.76 Å². The fraction of sp³-hybridized carbons (Fsp3) is 0.321. The number of carbonyl (C=O) groups excluding carboxylic acids is 2. The molecule has 1 unspecified atom stereocenters. The summed E-state index contributed by atoms with van der Waals surface area (Å²) in [6.07, 6.45) is 2.27. The number of aromatic nitrogens is 2. The van der Waals surface area contributed by atoms with Crippen LogP contribution in [0, 0.1) is 6.92 Å². The van der Waals surface area contributed by atoms with Crippen LogP contribution in [0.15, 0.2) is 70.8 Å². The molecule has 1 aliphatic rings.